The van der Waals surface area contributed by atoms with Crippen LogP contribution in [0.25, 0.3) is 11.3 Å². The van der Waals surface area contributed by atoms with E-state index >= 15 is 0 Å². The van der Waals surface area contributed by atoms with Crippen molar-refractivity contribution < 1.29 is 4.74 Å². The summed E-state index contributed by atoms with van der Waals surface area (Å²) in [7, 11) is 1.66. The van der Waals surface area contributed by atoms with Gasteiger partial charge >= 0.3 is 0 Å². The molecule has 3 aromatic rings. The molecule has 0 saturated heterocycles. The van der Waals surface area contributed by atoms with E-state index in [9.17, 15) is 0 Å². The molecule has 0 aliphatic rings. The maximum atomic E-state index is 5.37. The average molecular weight is 329 g/mol. The Balaban J connectivity index is 1.74. The summed E-state index contributed by atoms with van der Waals surface area (Å²) in [6, 6.07) is 9.92. The van der Waals surface area contributed by atoms with Gasteiger partial charge < -0.3 is 4.74 Å². The molecule has 0 aliphatic heterocycles. The van der Waals surface area contributed by atoms with Crippen LogP contribution in [0.1, 0.15) is 10.4 Å². The zero-order chi connectivity index (χ0) is 15.4. The maximum Gasteiger partial charge on any atom is 0.203 e. The van der Waals surface area contributed by atoms with Crippen LogP contribution >= 0.6 is 22.7 Å². The molecule has 0 unspecified atom stereocenters. The van der Waals surface area contributed by atoms with Crippen LogP contribution in [0.4, 0.5) is 5.13 Å². The summed E-state index contributed by atoms with van der Waals surface area (Å²) in [6.07, 6.45) is 1.82. The van der Waals surface area contributed by atoms with Gasteiger partial charge in [-0.15, -0.1) is 22.7 Å². The van der Waals surface area contributed by atoms with E-state index in [4.69, 9.17) is 4.74 Å². The monoisotopic (exact) mass is 329 g/mol. The van der Waals surface area contributed by atoms with Gasteiger partial charge in [0.25, 0.3) is 0 Å². The molecule has 2 aromatic heterocycles. The van der Waals surface area contributed by atoms with E-state index in [1.54, 1.807) is 18.4 Å². The number of hydrogen-bond acceptors (Lipinski definition) is 6. The number of aromatic nitrogens is 1. The number of nitrogens with one attached hydrogen (secondary N) is 1. The minimum Gasteiger partial charge on any atom is -0.496 e. The standard InChI is InChI=1S/C16H15N3OS2/c1-11-7-8-21-15(11)9-17-19-16-18-13(10-22-16)12-5-3-4-6-14(12)20-2/h3-10H,1-2H3,(H,18,19)/b17-9-. The topological polar surface area (TPSA) is 46.5 Å². The zero-order valence-electron chi connectivity index (χ0n) is 12.2. The van der Waals surface area contributed by atoms with Crippen molar-refractivity contribution in [3.63, 3.8) is 0 Å². The van der Waals surface area contributed by atoms with E-state index < -0.39 is 0 Å². The van der Waals surface area contributed by atoms with Gasteiger partial charge in [0.1, 0.15) is 5.75 Å². The molecule has 6 heteroatoms. The minimum absolute atomic E-state index is 0.756. The van der Waals surface area contributed by atoms with Crippen molar-refractivity contribution in [3.05, 3.63) is 51.5 Å². The van der Waals surface area contributed by atoms with Gasteiger partial charge in [-0.1, -0.05) is 12.1 Å². The number of aryl methyl sites for hydroxylation is 1. The Morgan fingerprint density at radius 2 is 2.09 bits per heavy atom. The molecule has 0 bridgehead atoms. The average Bonchev–Trinajstić information content (AvgIpc) is 3.17. The van der Waals surface area contributed by atoms with Gasteiger partial charge in [0.2, 0.25) is 5.13 Å². The van der Waals surface area contributed by atoms with Crippen LogP contribution in [0.5, 0.6) is 5.75 Å². The van der Waals surface area contributed by atoms with Crippen LogP contribution in [0.3, 0.4) is 0 Å². The lowest BCUT2D eigenvalue weighted by atomic mass is 10.1. The van der Waals surface area contributed by atoms with Crippen LogP contribution in [-0.4, -0.2) is 18.3 Å². The molecule has 0 spiro atoms. The van der Waals surface area contributed by atoms with Crippen molar-refractivity contribution in [1.82, 2.24) is 4.98 Å². The van der Waals surface area contributed by atoms with E-state index in [2.05, 4.69) is 33.9 Å². The minimum atomic E-state index is 0.756. The van der Waals surface area contributed by atoms with E-state index in [1.807, 2.05) is 35.9 Å². The van der Waals surface area contributed by atoms with E-state index in [0.29, 0.717) is 0 Å². The fraction of sp³-hybridized carbons (Fsp3) is 0.125. The SMILES string of the molecule is COc1ccccc1-c1csc(N/N=C\c2sccc2C)n1. The van der Waals surface area contributed by atoms with Crippen LogP contribution in [0.15, 0.2) is 46.2 Å². The first-order valence-electron chi connectivity index (χ1n) is 6.70. The molecular weight excluding hydrogens is 314 g/mol. The summed E-state index contributed by atoms with van der Waals surface area (Å²) in [6.45, 7) is 2.07. The first-order chi connectivity index (χ1) is 10.8. The van der Waals surface area contributed by atoms with E-state index in [1.165, 1.54) is 16.9 Å². The van der Waals surface area contributed by atoms with Crippen molar-refractivity contribution in [3.8, 4) is 17.0 Å². The number of ether oxygens (including phenoxy) is 1. The second-order valence-corrected chi connectivity index (χ2v) is 6.38. The number of rotatable bonds is 5. The lowest BCUT2D eigenvalue weighted by Gasteiger charge is -2.04. The molecule has 0 fully saturated rings. The Morgan fingerprint density at radius 3 is 2.86 bits per heavy atom. The highest BCUT2D eigenvalue weighted by atomic mass is 32.1. The van der Waals surface area contributed by atoms with Crippen LogP contribution < -0.4 is 10.2 Å². The number of methoxy groups -OCH3 is 1. The molecule has 0 aliphatic carbocycles. The molecule has 3 rings (SSSR count). The Hall–Kier alpha value is -2.18. The van der Waals surface area contributed by atoms with Gasteiger partial charge in [-0.3, -0.25) is 5.43 Å². The van der Waals surface area contributed by atoms with Crippen molar-refractivity contribution >= 4 is 34.0 Å². The largest absolute Gasteiger partial charge is 0.496 e. The highest BCUT2D eigenvalue weighted by molar-refractivity contribution is 7.14. The summed E-state index contributed by atoms with van der Waals surface area (Å²) < 4.78 is 5.37. The number of thiophene rings is 1. The quantitative estimate of drug-likeness (QED) is 0.548. The Kier molecular flexibility index (Phi) is 4.50. The van der Waals surface area contributed by atoms with Gasteiger partial charge in [-0.05, 0) is 36.1 Å². The second kappa shape index (κ2) is 6.72. The van der Waals surface area contributed by atoms with Gasteiger partial charge in [-0.25, -0.2) is 4.98 Å². The van der Waals surface area contributed by atoms with Gasteiger partial charge in [-0.2, -0.15) is 5.10 Å². The summed E-state index contributed by atoms with van der Waals surface area (Å²) in [5.41, 5.74) is 6.07. The Morgan fingerprint density at radius 1 is 1.23 bits per heavy atom. The van der Waals surface area contributed by atoms with Crippen LogP contribution in [0, 0.1) is 6.92 Å². The first kappa shape index (κ1) is 14.7. The Bertz CT molecular complexity index is 792. The highest BCUT2D eigenvalue weighted by Gasteiger charge is 2.08. The summed E-state index contributed by atoms with van der Waals surface area (Å²) in [5.74, 6) is 0.817. The number of hydrazone groups is 1. The third-order valence-corrected chi connectivity index (χ3v) is 4.83. The predicted molar refractivity (Wildman–Crippen MR) is 94.4 cm³/mol. The highest BCUT2D eigenvalue weighted by Crippen LogP contribution is 2.31. The van der Waals surface area contributed by atoms with Gasteiger partial charge in [0.15, 0.2) is 0 Å². The second-order valence-electron chi connectivity index (χ2n) is 4.58. The Labute approximate surface area is 137 Å². The van der Waals surface area contributed by atoms with Crippen molar-refractivity contribution in [1.29, 1.82) is 0 Å². The summed E-state index contributed by atoms with van der Waals surface area (Å²) in [5, 5.41) is 9.05. The number of para-hydroxylation sites is 1. The normalized spacial score (nSPS) is 11.0. The van der Waals surface area contributed by atoms with Crippen molar-refractivity contribution in [2.45, 2.75) is 6.92 Å². The van der Waals surface area contributed by atoms with E-state index in [-0.39, 0.29) is 0 Å². The first-order valence-corrected chi connectivity index (χ1v) is 8.46. The third kappa shape index (κ3) is 3.18. The summed E-state index contributed by atoms with van der Waals surface area (Å²) >= 11 is 3.19. The van der Waals surface area contributed by atoms with Crippen LogP contribution in [-0.2, 0) is 0 Å². The number of hydrogen-bond donors (Lipinski definition) is 1. The molecule has 22 heavy (non-hydrogen) atoms. The number of nitrogens with zero attached hydrogens (tertiary/aromatic N) is 2. The van der Waals surface area contributed by atoms with Gasteiger partial charge in [0, 0.05) is 15.8 Å². The molecule has 0 amide bonds. The molecule has 1 N–H and O–H groups in total. The molecular formula is C16H15N3OS2. The zero-order valence-corrected chi connectivity index (χ0v) is 13.9. The number of benzene rings is 1. The molecule has 0 atom stereocenters. The smallest absolute Gasteiger partial charge is 0.203 e. The number of anilines is 1. The van der Waals surface area contributed by atoms with Crippen LogP contribution in [0.2, 0.25) is 0 Å². The van der Waals surface area contributed by atoms with E-state index in [0.717, 1.165) is 27.0 Å². The molecule has 0 radical (unpaired) electrons. The van der Waals surface area contributed by atoms with Crippen molar-refractivity contribution in [2.75, 3.05) is 12.5 Å². The molecule has 0 saturated carbocycles. The molecule has 1 aromatic carbocycles. The molecule has 4 nitrogen and oxygen atoms in total. The maximum absolute atomic E-state index is 5.37. The molecule has 112 valence electrons. The summed E-state index contributed by atoms with van der Waals surface area (Å²) in [4.78, 5) is 5.69. The fourth-order valence-corrected chi connectivity index (χ4v) is 3.41. The fourth-order valence-electron chi connectivity index (χ4n) is 1.97. The third-order valence-electron chi connectivity index (χ3n) is 3.13. The van der Waals surface area contributed by atoms with Gasteiger partial charge in [0.05, 0.1) is 19.0 Å². The molecule has 2 heterocycles. The number of thiazole rings is 1. The lowest BCUT2D eigenvalue weighted by molar-refractivity contribution is 0.416. The van der Waals surface area contributed by atoms with Crippen molar-refractivity contribution in [2.24, 2.45) is 5.10 Å². The predicted octanol–water partition coefficient (Wildman–Crippen LogP) is 4.63. The lowest BCUT2D eigenvalue weighted by Crippen LogP contribution is -1.90.